The van der Waals surface area contributed by atoms with E-state index in [2.05, 4.69) is 43.8 Å². The molecule has 0 amide bonds. The normalized spacial score (nSPS) is 18.2. The van der Waals surface area contributed by atoms with Gasteiger partial charge in [0.05, 0.1) is 0 Å². The summed E-state index contributed by atoms with van der Waals surface area (Å²) >= 11 is 0. The molecule has 0 bridgehead atoms. The maximum absolute atomic E-state index is 3.97. The van der Waals surface area contributed by atoms with Gasteiger partial charge in [0.1, 0.15) is 0 Å². The zero-order chi connectivity index (χ0) is 9.31. The Kier molecular flexibility index (Phi) is 1.99. The molecule has 1 aromatic rings. The molecule has 0 heterocycles. The number of benzene rings is 1. The second-order valence-electron chi connectivity index (χ2n) is 4.04. The highest BCUT2D eigenvalue weighted by molar-refractivity contribution is 5.35. The Balaban J connectivity index is 2.35. The van der Waals surface area contributed by atoms with E-state index in [-0.39, 0.29) is 0 Å². The highest BCUT2D eigenvalue weighted by atomic mass is 14.4. The van der Waals surface area contributed by atoms with Crippen molar-refractivity contribution in [2.45, 2.75) is 26.2 Å². The van der Waals surface area contributed by atoms with Gasteiger partial charge in [0.2, 0.25) is 0 Å². The fraction of sp³-hybridized carbons (Fsp3) is 0.385. The average Bonchev–Trinajstić information content (AvgIpc) is 2.57. The second-order valence-corrected chi connectivity index (χ2v) is 4.04. The third-order valence-electron chi connectivity index (χ3n) is 3.34. The van der Waals surface area contributed by atoms with Gasteiger partial charge in [-0.15, -0.1) is 6.58 Å². The maximum atomic E-state index is 3.97. The van der Waals surface area contributed by atoms with Gasteiger partial charge in [0.15, 0.2) is 0 Å². The first kappa shape index (κ1) is 8.55. The summed E-state index contributed by atoms with van der Waals surface area (Å²) in [5.74, 6) is 0. The smallest absolute Gasteiger partial charge is 0.00426 e. The topological polar surface area (TPSA) is 0 Å². The van der Waals surface area contributed by atoms with Crippen LogP contribution in [-0.4, -0.2) is 0 Å². The molecule has 0 N–H and O–H groups in total. The molecule has 0 saturated heterocycles. The molecule has 68 valence electrons. The van der Waals surface area contributed by atoms with Gasteiger partial charge in [-0.2, -0.15) is 0 Å². The average molecular weight is 172 g/mol. The summed E-state index contributed by atoms with van der Waals surface area (Å²) in [5.41, 5.74) is 3.39. The molecule has 0 unspecified atom stereocenters. The van der Waals surface area contributed by atoms with Crippen molar-refractivity contribution in [1.82, 2.24) is 0 Å². The Morgan fingerprint density at radius 2 is 1.85 bits per heavy atom. The van der Waals surface area contributed by atoms with Gasteiger partial charge in [0, 0.05) is 0 Å². The van der Waals surface area contributed by atoms with Crippen molar-refractivity contribution in [3.63, 3.8) is 0 Å². The molecule has 0 heteroatoms. The van der Waals surface area contributed by atoms with Crippen LogP contribution in [0.15, 0.2) is 36.9 Å². The SMILES string of the molecule is C=CC1(CC)Cc2ccccc2C1. The van der Waals surface area contributed by atoms with Gasteiger partial charge >= 0.3 is 0 Å². The lowest BCUT2D eigenvalue weighted by Crippen LogP contribution is -2.16. The summed E-state index contributed by atoms with van der Waals surface area (Å²) in [6.45, 7) is 6.23. The van der Waals surface area contributed by atoms with E-state index in [0.717, 1.165) is 0 Å². The van der Waals surface area contributed by atoms with Crippen molar-refractivity contribution in [3.8, 4) is 0 Å². The molecule has 0 nitrogen and oxygen atoms in total. The van der Waals surface area contributed by atoms with Crippen LogP contribution >= 0.6 is 0 Å². The number of hydrogen-bond donors (Lipinski definition) is 0. The summed E-state index contributed by atoms with van der Waals surface area (Å²) in [6, 6.07) is 8.76. The summed E-state index contributed by atoms with van der Waals surface area (Å²) in [7, 11) is 0. The van der Waals surface area contributed by atoms with Crippen LogP contribution in [0.1, 0.15) is 24.5 Å². The fourth-order valence-corrected chi connectivity index (χ4v) is 2.26. The van der Waals surface area contributed by atoms with Crippen molar-refractivity contribution < 1.29 is 0 Å². The Bertz CT molecular complexity index is 298. The monoisotopic (exact) mass is 172 g/mol. The lowest BCUT2D eigenvalue weighted by molar-refractivity contribution is 0.392. The highest BCUT2D eigenvalue weighted by Crippen LogP contribution is 2.40. The maximum Gasteiger partial charge on any atom is -0.00426 e. The van der Waals surface area contributed by atoms with Crippen LogP contribution in [0.3, 0.4) is 0 Å². The Labute approximate surface area is 80.3 Å². The van der Waals surface area contributed by atoms with Crippen molar-refractivity contribution in [2.24, 2.45) is 5.41 Å². The van der Waals surface area contributed by atoms with Gasteiger partial charge in [0.25, 0.3) is 0 Å². The second kappa shape index (κ2) is 3.02. The third kappa shape index (κ3) is 1.31. The molecule has 13 heavy (non-hydrogen) atoms. The van der Waals surface area contributed by atoms with E-state index < -0.39 is 0 Å². The first-order valence-electron chi connectivity index (χ1n) is 5.00. The molecule has 0 aromatic heterocycles. The van der Waals surface area contributed by atoms with Gasteiger partial charge in [-0.3, -0.25) is 0 Å². The fourth-order valence-electron chi connectivity index (χ4n) is 2.26. The van der Waals surface area contributed by atoms with Crippen molar-refractivity contribution in [2.75, 3.05) is 0 Å². The molecular formula is C13H16. The summed E-state index contributed by atoms with van der Waals surface area (Å²) in [6.07, 6.45) is 5.71. The van der Waals surface area contributed by atoms with Crippen LogP contribution in [0, 0.1) is 5.41 Å². The van der Waals surface area contributed by atoms with Crippen LogP contribution in [0.2, 0.25) is 0 Å². The zero-order valence-corrected chi connectivity index (χ0v) is 8.22. The molecule has 2 rings (SSSR count). The third-order valence-corrected chi connectivity index (χ3v) is 3.34. The number of rotatable bonds is 2. The minimum absolute atomic E-state index is 0.351. The Morgan fingerprint density at radius 3 is 2.23 bits per heavy atom. The van der Waals surface area contributed by atoms with E-state index in [0.29, 0.717) is 5.41 Å². The lowest BCUT2D eigenvalue weighted by Gasteiger charge is -2.22. The molecule has 0 fully saturated rings. The van der Waals surface area contributed by atoms with Gasteiger partial charge in [-0.25, -0.2) is 0 Å². The first-order valence-corrected chi connectivity index (χ1v) is 5.00. The molecule has 0 radical (unpaired) electrons. The van der Waals surface area contributed by atoms with Crippen LogP contribution in [0.25, 0.3) is 0 Å². The number of hydrogen-bond acceptors (Lipinski definition) is 0. The van der Waals surface area contributed by atoms with Crippen LogP contribution in [0.5, 0.6) is 0 Å². The first-order chi connectivity index (χ1) is 6.29. The van der Waals surface area contributed by atoms with Crippen LogP contribution in [0.4, 0.5) is 0 Å². The molecular weight excluding hydrogens is 156 g/mol. The lowest BCUT2D eigenvalue weighted by atomic mass is 9.82. The molecule has 0 saturated carbocycles. The Morgan fingerprint density at radius 1 is 1.31 bits per heavy atom. The van der Waals surface area contributed by atoms with E-state index in [1.165, 1.54) is 30.4 Å². The quantitative estimate of drug-likeness (QED) is 0.600. The molecule has 0 aliphatic heterocycles. The summed E-state index contributed by atoms with van der Waals surface area (Å²) in [4.78, 5) is 0. The molecule has 1 aliphatic rings. The van der Waals surface area contributed by atoms with Crippen LogP contribution in [-0.2, 0) is 12.8 Å². The van der Waals surface area contributed by atoms with Crippen molar-refractivity contribution >= 4 is 0 Å². The van der Waals surface area contributed by atoms with E-state index in [1.807, 2.05) is 0 Å². The van der Waals surface area contributed by atoms with Crippen LogP contribution < -0.4 is 0 Å². The van der Waals surface area contributed by atoms with E-state index in [4.69, 9.17) is 0 Å². The predicted octanol–water partition coefficient (Wildman–Crippen LogP) is 3.37. The van der Waals surface area contributed by atoms with Gasteiger partial charge < -0.3 is 0 Å². The van der Waals surface area contributed by atoms with Crippen molar-refractivity contribution in [1.29, 1.82) is 0 Å². The minimum atomic E-state index is 0.351. The molecule has 0 spiro atoms. The Hall–Kier alpha value is -1.04. The summed E-state index contributed by atoms with van der Waals surface area (Å²) in [5, 5.41) is 0. The largest absolute Gasteiger partial charge is 0.102 e. The standard InChI is InChI=1S/C13H16/c1-3-13(4-2)9-11-7-5-6-8-12(11)10-13/h3,5-8H,1,4,9-10H2,2H3. The minimum Gasteiger partial charge on any atom is -0.102 e. The number of allylic oxidation sites excluding steroid dienone is 1. The molecule has 0 atom stereocenters. The summed E-state index contributed by atoms with van der Waals surface area (Å²) < 4.78 is 0. The van der Waals surface area contributed by atoms with Gasteiger partial charge in [-0.05, 0) is 35.8 Å². The highest BCUT2D eigenvalue weighted by Gasteiger charge is 2.32. The zero-order valence-electron chi connectivity index (χ0n) is 8.22. The predicted molar refractivity (Wildman–Crippen MR) is 56.8 cm³/mol. The van der Waals surface area contributed by atoms with Gasteiger partial charge in [-0.1, -0.05) is 37.3 Å². The van der Waals surface area contributed by atoms with E-state index in [1.54, 1.807) is 0 Å². The molecule has 1 aliphatic carbocycles. The van der Waals surface area contributed by atoms with E-state index >= 15 is 0 Å². The number of fused-ring (bicyclic) bond motifs is 1. The molecule has 1 aromatic carbocycles. The van der Waals surface area contributed by atoms with E-state index in [9.17, 15) is 0 Å². The van der Waals surface area contributed by atoms with Crippen molar-refractivity contribution in [3.05, 3.63) is 48.0 Å².